The number of imidazole rings is 1. The molecule has 3 rings (SSSR count). The van der Waals surface area contributed by atoms with Gasteiger partial charge in [0.15, 0.2) is 11.0 Å². The quantitative estimate of drug-likeness (QED) is 0.660. The zero-order valence-electron chi connectivity index (χ0n) is 12.0. The maximum absolute atomic E-state index is 6.32. The zero-order valence-corrected chi connectivity index (χ0v) is 13.5. The van der Waals surface area contributed by atoms with E-state index in [0.29, 0.717) is 16.0 Å². The van der Waals surface area contributed by atoms with Crippen LogP contribution in [-0.2, 0) is 6.54 Å². The first-order chi connectivity index (χ1) is 10.1. The topological polar surface area (TPSA) is 19.7 Å². The third kappa shape index (κ3) is 2.78. The highest BCUT2D eigenvalue weighted by atomic mass is 35.5. The Morgan fingerprint density at radius 2 is 1.86 bits per heavy atom. The lowest BCUT2D eigenvalue weighted by Gasteiger charge is -2.07. The molecule has 3 aromatic rings. The van der Waals surface area contributed by atoms with Gasteiger partial charge < -0.3 is 0 Å². The molecule has 0 aliphatic rings. The van der Waals surface area contributed by atoms with Crippen LogP contribution in [0.5, 0.6) is 0 Å². The van der Waals surface area contributed by atoms with Gasteiger partial charge in [-0.05, 0) is 24.3 Å². The van der Waals surface area contributed by atoms with Crippen molar-refractivity contribution in [3.8, 4) is 0 Å². The van der Waals surface area contributed by atoms with Gasteiger partial charge in [0.25, 0.3) is 5.82 Å². The van der Waals surface area contributed by atoms with Crippen molar-refractivity contribution in [2.45, 2.75) is 26.3 Å². The van der Waals surface area contributed by atoms with Gasteiger partial charge in [0.2, 0.25) is 0 Å². The minimum absolute atomic E-state index is 0.406. The number of nitrogens with one attached hydrogen (secondary N) is 1. The molecule has 1 heterocycles. The first-order valence-electron chi connectivity index (χ1n) is 7.00. The minimum atomic E-state index is 0.406. The number of para-hydroxylation sites is 2. The van der Waals surface area contributed by atoms with E-state index in [1.54, 1.807) is 6.07 Å². The zero-order chi connectivity index (χ0) is 15.0. The Kier molecular flexibility index (Phi) is 3.92. The number of hydrogen-bond donors (Lipinski definition) is 1. The van der Waals surface area contributed by atoms with Crippen molar-refractivity contribution >= 4 is 34.2 Å². The van der Waals surface area contributed by atoms with Crippen LogP contribution in [0.1, 0.15) is 31.2 Å². The van der Waals surface area contributed by atoms with E-state index in [1.807, 2.05) is 18.2 Å². The van der Waals surface area contributed by atoms with Crippen molar-refractivity contribution < 1.29 is 4.57 Å². The van der Waals surface area contributed by atoms with E-state index < -0.39 is 0 Å². The summed E-state index contributed by atoms with van der Waals surface area (Å²) in [6.07, 6.45) is 0. The van der Waals surface area contributed by atoms with Crippen LogP contribution in [0.3, 0.4) is 0 Å². The number of nitrogens with zero attached hydrogens (tertiary/aromatic N) is 1. The highest BCUT2D eigenvalue weighted by Gasteiger charge is 2.21. The molecule has 0 amide bonds. The summed E-state index contributed by atoms with van der Waals surface area (Å²) in [7, 11) is 0. The summed E-state index contributed by atoms with van der Waals surface area (Å²) in [4.78, 5) is 3.51. The molecule has 0 bridgehead atoms. The van der Waals surface area contributed by atoms with Gasteiger partial charge in [0.1, 0.15) is 6.54 Å². The smallest absolute Gasteiger partial charge is 0.241 e. The van der Waals surface area contributed by atoms with Gasteiger partial charge in [-0.1, -0.05) is 55.2 Å². The third-order valence-electron chi connectivity index (χ3n) is 3.64. The van der Waals surface area contributed by atoms with Gasteiger partial charge >= 0.3 is 0 Å². The van der Waals surface area contributed by atoms with E-state index in [2.05, 4.69) is 41.6 Å². The second-order valence-corrected chi connectivity index (χ2v) is 6.35. The van der Waals surface area contributed by atoms with E-state index in [9.17, 15) is 0 Å². The van der Waals surface area contributed by atoms with Crippen molar-refractivity contribution in [1.29, 1.82) is 0 Å². The average Bonchev–Trinajstić information content (AvgIpc) is 2.81. The third-order valence-corrected chi connectivity index (χ3v) is 4.23. The molecule has 2 aromatic carbocycles. The van der Waals surface area contributed by atoms with E-state index in [4.69, 9.17) is 23.2 Å². The summed E-state index contributed by atoms with van der Waals surface area (Å²) in [5, 5.41) is 1.37. The second kappa shape index (κ2) is 5.70. The molecule has 0 aliphatic heterocycles. The number of rotatable bonds is 3. The van der Waals surface area contributed by atoms with E-state index in [-0.39, 0.29) is 0 Å². The second-order valence-electron chi connectivity index (χ2n) is 5.50. The fraction of sp³-hybridized carbons (Fsp3) is 0.235. The van der Waals surface area contributed by atoms with Gasteiger partial charge in [-0.3, -0.25) is 0 Å². The average molecular weight is 320 g/mol. The van der Waals surface area contributed by atoms with Gasteiger partial charge in [0, 0.05) is 15.6 Å². The molecule has 1 aromatic heterocycles. The number of hydrogen-bond acceptors (Lipinski definition) is 0. The Labute approximate surface area is 134 Å². The molecule has 0 radical (unpaired) electrons. The van der Waals surface area contributed by atoms with Gasteiger partial charge in [-0.2, -0.15) is 0 Å². The number of aromatic nitrogens is 2. The number of H-pyrrole nitrogens is 1. The predicted octanol–water partition coefficient (Wildman–Crippen LogP) is 4.93. The van der Waals surface area contributed by atoms with Crippen LogP contribution in [0.15, 0.2) is 42.5 Å². The number of benzene rings is 2. The van der Waals surface area contributed by atoms with E-state index in [1.165, 1.54) is 11.3 Å². The Morgan fingerprint density at radius 1 is 1.10 bits per heavy atom. The molecular formula is C17H17Cl2N2+. The Morgan fingerprint density at radius 3 is 2.57 bits per heavy atom. The number of fused-ring (bicyclic) bond motifs is 1. The normalized spacial score (nSPS) is 11.5. The lowest BCUT2D eigenvalue weighted by Crippen LogP contribution is -2.38. The monoisotopic (exact) mass is 319 g/mol. The molecule has 4 heteroatoms. The molecule has 108 valence electrons. The standard InChI is InChI=1S/C17H16Cl2N2/c1-11(2)17-20-15-5-3-4-6-16(15)21(17)10-12-7-8-13(18)9-14(12)19/h3-9,11H,10H2,1-2H3/p+1. The first-order valence-corrected chi connectivity index (χ1v) is 7.76. The predicted molar refractivity (Wildman–Crippen MR) is 88.1 cm³/mol. The van der Waals surface area contributed by atoms with Crippen LogP contribution < -0.4 is 4.57 Å². The molecule has 0 fully saturated rings. The van der Waals surface area contributed by atoms with Crippen LogP contribution in [0.4, 0.5) is 0 Å². The summed E-state index contributed by atoms with van der Waals surface area (Å²) in [5.74, 6) is 1.60. The SMILES string of the molecule is CC(C)c1[nH]c2ccccc2[n+]1Cc1ccc(Cl)cc1Cl. The van der Waals surface area contributed by atoms with Crippen LogP contribution >= 0.6 is 23.2 Å². The van der Waals surface area contributed by atoms with Crippen molar-refractivity contribution in [2.75, 3.05) is 0 Å². The molecule has 0 unspecified atom stereocenters. The van der Waals surface area contributed by atoms with Crippen molar-refractivity contribution in [3.63, 3.8) is 0 Å². The van der Waals surface area contributed by atoms with Crippen LogP contribution in [0, 0.1) is 0 Å². The van der Waals surface area contributed by atoms with Crippen molar-refractivity contribution in [1.82, 2.24) is 4.98 Å². The highest BCUT2D eigenvalue weighted by molar-refractivity contribution is 6.35. The molecule has 0 atom stereocenters. The van der Waals surface area contributed by atoms with E-state index in [0.717, 1.165) is 17.6 Å². The Hall–Kier alpha value is -1.51. The summed E-state index contributed by atoms with van der Waals surface area (Å²) in [6, 6.07) is 14.0. The fourth-order valence-electron chi connectivity index (χ4n) is 2.60. The summed E-state index contributed by atoms with van der Waals surface area (Å²) >= 11 is 12.3. The minimum Gasteiger partial charge on any atom is -0.241 e. The summed E-state index contributed by atoms with van der Waals surface area (Å²) in [6.45, 7) is 5.10. The molecular weight excluding hydrogens is 303 g/mol. The lowest BCUT2D eigenvalue weighted by atomic mass is 10.2. The van der Waals surface area contributed by atoms with E-state index >= 15 is 0 Å². The molecule has 2 nitrogen and oxygen atoms in total. The maximum Gasteiger partial charge on any atom is 0.258 e. The largest absolute Gasteiger partial charge is 0.258 e. The Balaban J connectivity index is 2.12. The first kappa shape index (κ1) is 14.4. The maximum atomic E-state index is 6.32. The van der Waals surface area contributed by atoms with Crippen molar-refractivity contribution in [3.05, 3.63) is 63.9 Å². The lowest BCUT2D eigenvalue weighted by molar-refractivity contribution is -0.671. The van der Waals surface area contributed by atoms with Gasteiger partial charge in [0.05, 0.1) is 5.92 Å². The van der Waals surface area contributed by atoms with Crippen molar-refractivity contribution in [2.24, 2.45) is 0 Å². The highest BCUT2D eigenvalue weighted by Crippen LogP contribution is 2.22. The van der Waals surface area contributed by atoms with Crippen LogP contribution in [0.2, 0.25) is 10.0 Å². The molecule has 1 N–H and O–H groups in total. The number of aromatic amines is 1. The molecule has 0 saturated heterocycles. The molecule has 0 spiro atoms. The Bertz CT molecular complexity index is 791. The molecule has 21 heavy (non-hydrogen) atoms. The van der Waals surface area contributed by atoms with Crippen LogP contribution in [-0.4, -0.2) is 4.98 Å². The molecule has 0 aliphatic carbocycles. The molecule has 0 saturated carbocycles. The van der Waals surface area contributed by atoms with Gasteiger partial charge in [-0.25, -0.2) is 9.55 Å². The summed E-state index contributed by atoms with van der Waals surface area (Å²) < 4.78 is 2.29. The number of halogens is 2. The van der Waals surface area contributed by atoms with Crippen LogP contribution in [0.25, 0.3) is 11.0 Å². The summed E-state index contributed by atoms with van der Waals surface area (Å²) in [5.41, 5.74) is 3.40. The fourth-order valence-corrected chi connectivity index (χ4v) is 3.06. The van der Waals surface area contributed by atoms with Gasteiger partial charge in [-0.15, -0.1) is 0 Å².